The molecule has 1 aliphatic carbocycles. The first-order valence-electron chi connectivity index (χ1n) is 13.0. The number of carbonyl (C=O) groups is 2. The number of benzene rings is 3. The Morgan fingerprint density at radius 1 is 0.816 bits per heavy atom. The van der Waals surface area contributed by atoms with Crippen LogP contribution in [-0.2, 0) is 20.9 Å². The highest BCUT2D eigenvalue weighted by atomic mass is 16.6. The molecule has 0 saturated heterocycles. The van der Waals surface area contributed by atoms with Crippen molar-refractivity contribution >= 4 is 17.5 Å². The largest absolute Gasteiger partial charge is 0.490 e. The van der Waals surface area contributed by atoms with Gasteiger partial charge in [-0.05, 0) is 55.2 Å². The van der Waals surface area contributed by atoms with Crippen molar-refractivity contribution in [1.29, 1.82) is 0 Å². The van der Waals surface area contributed by atoms with E-state index in [1.165, 1.54) is 0 Å². The summed E-state index contributed by atoms with van der Waals surface area (Å²) < 4.78 is 17.2. The summed E-state index contributed by atoms with van der Waals surface area (Å²) in [5.74, 6) is 0.197. The molecule has 6 heteroatoms. The minimum Gasteiger partial charge on any atom is -0.490 e. The van der Waals surface area contributed by atoms with E-state index in [1.54, 1.807) is 0 Å². The van der Waals surface area contributed by atoms with Crippen LogP contribution in [0.5, 0.6) is 11.5 Å². The lowest BCUT2D eigenvalue weighted by Crippen LogP contribution is -2.39. The molecule has 2 aliphatic rings. The molecule has 0 N–H and O–H groups in total. The van der Waals surface area contributed by atoms with Crippen LogP contribution in [0.25, 0.3) is 0 Å². The van der Waals surface area contributed by atoms with Gasteiger partial charge in [-0.25, -0.2) is 4.79 Å². The van der Waals surface area contributed by atoms with Crippen molar-refractivity contribution in [3.05, 3.63) is 107 Å². The number of hydrogen-bond donors (Lipinski definition) is 0. The summed E-state index contributed by atoms with van der Waals surface area (Å²) >= 11 is 0. The van der Waals surface area contributed by atoms with Crippen LogP contribution in [0.15, 0.2) is 101 Å². The van der Waals surface area contributed by atoms with Crippen molar-refractivity contribution in [1.82, 2.24) is 0 Å². The number of ketones is 1. The molecule has 194 valence electrons. The fourth-order valence-electron chi connectivity index (χ4n) is 5.15. The molecule has 1 aliphatic heterocycles. The highest BCUT2D eigenvalue weighted by Gasteiger charge is 2.43. The molecule has 2 atom stereocenters. The number of Topliss-reactive ketones (excluding diaryl/α,β-unsaturated/α-hetero) is 1. The van der Waals surface area contributed by atoms with Gasteiger partial charge in [-0.2, -0.15) is 0 Å². The molecule has 38 heavy (non-hydrogen) atoms. The predicted molar refractivity (Wildman–Crippen MR) is 145 cm³/mol. The number of fused-ring (bicyclic) bond motifs is 1. The zero-order valence-electron chi connectivity index (χ0n) is 21.5. The maximum absolute atomic E-state index is 13.4. The Labute approximate surface area is 223 Å². The molecule has 1 heterocycles. The first kappa shape index (κ1) is 25.5. The molecular formula is C32H31NO5. The Morgan fingerprint density at radius 2 is 1.50 bits per heavy atom. The Bertz CT molecular complexity index is 1330. The summed E-state index contributed by atoms with van der Waals surface area (Å²) in [6, 6.07) is 27.0. The second-order valence-corrected chi connectivity index (χ2v) is 9.52. The Hall–Kier alpha value is -4.19. The van der Waals surface area contributed by atoms with Gasteiger partial charge in [0.15, 0.2) is 0 Å². The summed E-state index contributed by atoms with van der Waals surface area (Å²) in [6.45, 7) is 2.61. The van der Waals surface area contributed by atoms with Gasteiger partial charge in [0.1, 0.15) is 37.1 Å². The summed E-state index contributed by atoms with van der Waals surface area (Å²) in [6.07, 6.45) is 2.04. The van der Waals surface area contributed by atoms with E-state index in [1.807, 2.05) is 91.9 Å². The second-order valence-electron chi connectivity index (χ2n) is 9.52. The monoisotopic (exact) mass is 509 g/mol. The second kappa shape index (κ2) is 11.9. The van der Waals surface area contributed by atoms with Crippen molar-refractivity contribution in [3.63, 3.8) is 0 Å². The number of esters is 1. The molecule has 2 unspecified atom stereocenters. The van der Waals surface area contributed by atoms with Crippen molar-refractivity contribution in [2.24, 2.45) is 10.9 Å². The highest BCUT2D eigenvalue weighted by Crippen LogP contribution is 2.43. The van der Waals surface area contributed by atoms with Gasteiger partial charge in [0.05, 0.1) is 11.5 Å². The van der Waals surface area contributed by atoms with E-state index in [0.717, 1.165) is 35.4 Å². The number of carbonyl (C=O) groups excluding carboxylic acids is 2. The molecule has 0 aromatic heterocycles. The van der Waals surface area contributed by atoms with Crippen molar-refractivity contribution in [2.45, 2.75) is 38.7 Å². The Morgan fingerprint density at radius 3 is 2.24 bits per heavy atom. The number of hydrogen-bond acceptors (Lipinski definition) is 6. The van der Waals surface area contributed by atoms with Crippen LogP contribution in [0, 0.1) is 5.92 Å². The van der Waals surface area contributed by atoms with Gasteiger partial charge in [-0.3, -0.25) is 9.79 Å². The fraction of sp³-hybridized carbons (Fsp3) is 0.281. The molecule has 0 spiro atoms. The molecular weight excluding hydrogens is 478 g/mol. The van der Waals surface area contributed by atoms with Crippen LogP contribution in [0.3, 0.4) is 0 Å². The topological polar surface area (TPSA) is 74.2 Å². The van der Waals surface area contributed by atoms with Crippen LogP contribution in [0.1, 0.15) is 43.2 Å². The highest BCUT2D eigenvalue weighted by molar-refractivity contribution is 6.11. The van der Waals surface area contributed by atoms with Gasteiger partial charge >= 0.3 is 5.97 Å². The van der Waals surface area contributed by atoms with Gasteiger partial charge in [0, 0.05) is 23.7 Å². The van der Waals surface area contributed by atoms with E-state index in [9.17, 15) is 9.59 Å². The Kier molecular flexibility index (Phi) is 7.98. The minimum atomic E-state index is -0.463. The van der Waals surface area contributed by atoms with Gasteiger partial charge in [-0.1, -0.05) is 60.7 Å². The van der Waals surface area contributed by atoms with Gasteiger partial charge in [-0.15, -0.1) is 0 Å². The van der Waals surface area contributed by atoms with Crippen LogP contribution >= 0.6 is 0 Å². The van der Waals surface area contributed by atoms with Crippen LogP contribution in [-0.4, -0.2) is 30.7 Å². The quantitative estimate of drug-likeness (QED) is 0.259. The maximum Gasteiger partial charge on any atom is 0.336 e. The molecule has 0 bridgehead atoms. The number of rotatable bonds is 9. The number of aliphatic imine (C=N–C) groups is 1. The number of allylic oxidation sites excluding steroid dienone is 1. The molecule has 1 saturated carbocycles. The van der Waals surface area contributed by atoms with E-state index in [2.05, 4.69) is 0 Å². The predicted octanol–water partition coefficient (Wildman–Crippen LogP) is 6.07. The van der Waals surface area contributed by atoms with Crippen molar-refractivity contribution < 1.29 is 23.8 Å². The minimum absolute atomic E-state index is 0.0959. The summed E-state index contributed by atoms with van der Waals surface area (Å²) in [4.78, 5) is 31.2. The third-order valence-corrected chi connectivity index (χ3v) is 6.94. The molecule has 1 fully saturated rings. The first-order valence-corrected chi connectivity index (χ1v) is 13.0. The van der Waals surface area contributed by atoms with Gasteiger partial charge in [0.2, 0.25) is 0 Å². The Balaban J connectivity index is 1.33. The fourth-order valence-corrected chi connectivity index (χ4v) is 5.15. The van der Waals surface area contributed by atoms with E-state index in [4.69, 9.17) is 19.2 Å². The summed E-state index contributed by atoms with van der Waals surface area (Å²) in [5, 5.41) is 0. The third-order valence-electron chi connectivity index (χ3n) is 6.94. The van der Waals surface area contributed by atoms with E-state index in [-0.39, 0.29) is 19.0 Å². The lowest BCUT2D eigenvalue weighted by molar-refractivity contribution is -0.140. The lowest BCUT2D eigenvalue weighted by atomic mass is 9.69. The standard InChI is InChI=1S/C32H31NO5/c1-22-29(32(35)37-20-19-36-25-11-6-3-7-12-25)30(31-27(33-22)13-8-14-28(31)34)24-15-17-26(18-16-24)38-21-23-9-4-2-5-10-23/h2-7,9-12,15-18,30-31H,8,13-14,19-21H2,1H3. The maximum atomic E-state index is 13.4. The summed E-state index contributed by atoms with van der Waals surface area (Å²) in [5.41, 5.74) is 3.85. The molecule has 3 aromatic rings. The summed E-state index contributed by atoms with van der Waals surface area (Å²) in [7, 11) is 0. The average Bonchev–Trinajstić information content (AvgIpc) is 2.95. The van der Waals surface area contributed by atoms with Crippen LogP contribution in [0.4, 0.5) is 0 Å². The van der Waals surface area contributed by atoms with Gasteiger partial charge < -0.3 is 14.2 Å². The van der Waals surface area contributed by atoms with Crippen LogP contribution < -0.4 is 9.47 Å². The molecule has 0 radical (unpaired) electrons. The van der Waals surface area contributed by atoms with E-state index >= 15 is 0 Å². The lowest BCUT2D eigenvalue weighted by Gasteiger charge is -2.35. The smallest absolute Gasteiger partial charge is 0.336 e. The van der Waals surface area contributed by atoms with E-state index in [0.29, 0.717) is 30.0 Å². The van der Waals surface area contributed by atoms with E-state index < -0.39 is 17.8 Å². The zero-order valence-corrected chi connectivity index (χ0v) is 21.5. The molecule has 5 rings (SSSR count). The van der Waals surface area contributed by atoms with Crippen molar-refractivity contribution in [2.75, 3.05) is 13.2 Å². The first-order chi connectivity index (χ1) is 18.6. The zero-order chi connectivity index (χ0) is 26.3. The molecule has 0 amide bonds. The molecule has 3 aromatic carbocycles. The van der Waals surface area contributed by atoms with Crippen molar-refractivity contribution in [3.8, 4) is 11.5 Å². The van der Waals surface area contributed by atoms with Gasteiger partial charge in [0.25, 0.3) is 0 Å². The number of nitrogens with zero attached hydrogens (tertiary/aromatic N) is 1. The number of ether oxygens (including phenoxy) is 3. The van der Waals surface area contributed by atoms with Crippen LogP contribution in [0.2, 0.25) is 0 Å². The number of para-hydroxylation sites is 1. The normalized spacial score (nSPS) is 18.9. The molecule has 6 nitrogen and oxygen atoms in total. The SMILES string of the molecule is CC1=C(C(=O)OCCOc2ccccc2)C(c2ccc(OCc3ccccc3)cc2)C2C(=O)CCCC2=N1. The average molecular weight is 510 g/mol. The third kappa shape index (κ3) is 5.86.